The van der Waals surface area contributed by atoms with Crippen LogP contribution in [-0.2, 0) is 0 Å². The van der Waals surface area contributed by atoms with Crippen LogP contribution >= 0.6 is 15.9 Å². The van der Waals surface area contributed by atoms with Crippen molar-refractivity contribution in [2.24, 2.45) is 0 Å². The quantitative estimate of drug-likeness (QED) is 0.738. The first-order valence-corrected chi connectivity index (χ1v) is 7.63. The van der Waals surface area contributed by atoms with Crippen LogP contribution in [0.3, 0.4) is 0 Å². The number of ether oxygens (including phenoxy) is 1. The number of hydrogen-bond donors (Lipinski definition) is 1. The lowest BCUT2D eigenvalue weighted by atomic mass is 10.1. The van der Waals surface area contributed by atoms with Gasteiger partial charge in [0.2, 0.25) is 0 Å². The van der Waals surface area contributed by atoms with Gasteiger partial charge in [-0.2, -0.15) is 0 Å². The molecule has 6 heteroatoms. The van der Waals surface area contributed by atoms with E-state index >= 15 is 0 Å². The molecule has 0 aliphatic carbocycles. The molecule has 0 saturated carbocycles. The van der Waals surface area contributed by atoms with Gasteiger partial charge in [-0.3, -0.25) is 4.79 Å². The first-order chi connectivity index (χ1) is 11.2. The molecule has 0 aliphatic rings. The molecule has 0 bridgehead atoms. The first kappa shape index (κ1) is 15.3. The Morgan fingerprint density at radius 2 is 1.91 bits per heavy atom. The molecular weight excluding hydrogens is 360 g/mol. The van der Waals surface area contributed by atoms with Gasteiger partial charge in [0, 0.05) is 16.2 Å². The minimum atomic E-state index is -0.336. The van der Waals surface area contributed by atoms with E-state index in [1.54, 1.807) is 25.3 Å². The third kappa shape index (κ3) is 3.43. The van der Waals surface area contributed by atoms with Gasteiger partial charge in [-0.15, -0.1) is 0 Å². The Hall–Kier alpha value is -2.60. The summed E-state index contributed by atoms with van der Waals surface area (Å²) in [4.78, 5) is 12.2. The second-order valence-corrected chi connectivity index (χ2v) is 5.65. The Morgan fingerprint density at radius 3 is 2.65 bits per heavy atom. The number of nitrogens with one attached hydrogen (secondary N) is 1. The lowest BCUT2D eigenvalue weighted by Gasteiger charge is -2.03. The number of halogens is 1. The maximum Gasteiger partial charge on any atom is 0.277 e. The summed E-state index contributed by atoms with van der Waals surface area (Å²) in [6.07, 6.45) is 0. The van der Waals surface area contributed by atoms with Crippen LogP contribution in [0.2, 0.25) is 0 Å². The third-order valence-electron chi connectivity index (χ3n) is 3.22. The Morgan fingerprint density at radius 1 is 1.17 bits per heavy atom. The fourth-order valence-corrected chi connectivity index (χ4v) is 2.35. The number of benzene rings is 2. The number of rotatable bonds is 4. The number of carbonyl (C=O) groups is 1. The SMILES string of the molecule is COc1ccccc1-c1cc(C(=O)Nc2ccc(Br)cc2)no1. The molecule has 2 aromatic carbocycles. The predicted octanol–water partition coefficient (Wildman–Crippen LogP) is 4.37. The van der Waals surface area contributed by atoms with Gasteiger partial charge >= 0.3 is 0 Å². The van der Waals surface area contributed by atoms with Crippen molar-refractivity contribution >= 4 is 27.5 Å². The molecule has 0 atom stereocenters. The van der Waals surface area contributed by atoms with E-state index in [0.29, 0.717) is 17.2 Å². The zero-order valence-corrected chi connectivity index (χ0v) is 13.8. The molecule has 0 fully saturated rings. The van der Waals surface area contributed by atoms with Crippen LogP contribution in [0.25, 0.3) is 11.3 Å². The predicted molar refractivity (Wildman–Crippen MR) is 90.6 cm³/mol. The third-order valence-corrected chi connectivity index (χ3v) is 3.75. The molecule has 0 radical (unpaired) electrons. The van der Waals surface area contributed by atoms with Crippen LogP contribution in [0.15, 0.2) is 63.6 Å². The number of amides is 1. The summed E-state index contributed by atoms with van der Waals surface area (Å²) in [6, 6.07) is 16.3. The van der Waals surface area contributed by atoms with Gasteiger partial charge in [0.15, 0.2) is 11.5 Å². The lowest BCUT2D eigenvalue weighted by molar-refractivity contribution is 0.101. The minimum absolute atomic E-state index is 0.203. The fraction of sp³-hybridized carbons (Fsp3) is 0.0588. The van der Waals surface area contributed by atoms with Crippen molar-refractivity contribution in [2.45, 2.75) is 0 Å². The zero-order chi connectivity index (χ0) is 16.2. The molecule has 116 valence electrons. The maximum absolute atomic E-state index is 12.2. The van der Waals surface area contributed by atoms with E-state index in [-0.39, 0.29) is 11.6 Å². The van der Waals surface area contributed by atoms with Crippen LogP contribution in [0, 0.1) is 0 Å². The van der Waals surface area contributed by atoms with E-state index in [1.807, 2.05) is 36.4 Å². The number of anilines is 1. The Balaban J connectivity index is 1.81. The Kier molecular flexibility index (Phi) is 4.43. The summed E-state index contributed by atoms with van der Waals surface area (Å²) in [5, 5.41) is 6.60. The normalized spacial score (nSPS) is 10.3. The van der Waals surface area contributed by atoms with Gasteiger partial charge in [-0.05, 0) is 36.4 Å². The van der Waals surface area contributed by atoms with Crippen LogP contribution in [0.4, 0.5) is 5.69 Å². The van der Waals surface area contributed by atoms with Gasteiger partial charge in [0.1, 0.15) is 5.75 Å². The number of para-hydroxylation sites is 1. The van der Waals surface area contributed by atoms with E-state index in [9.17, 15) is 4.79 Å². The Bertz CT molecular complexity index is 828. The highest BCUT2D eigenvalue weighted by atomic mass is 79.9. The van der Waals surface area contributed by atoms with Gasteiger partial charge < -0.3 is 14.6 Å². The zero-order valence-electron chi connectivity index (χ0n) is 12.2. The van der Waals surface area contributed by atoms with Gasteiger partial charge in [0.05, 0.1) is 12.7 Å². The molecule has 5 nitrogen and oxygen atoms in total. The smallest absolute Gasteiger partial charge is 0.277 e. The van der Waals surface area contributed by atoms with Crippen LogP contribution in [-0.4, -0.2) is 18.2 Å². The molecule has 3 rings (SSSR count). The number of nitrogens with zero attached hydrogens (tertiary/aromatic N) is 1. The van der Waals surface area contributed by atoms with Crippen LogP contribution in [0.5, 0.6) is 5.75 Å². The van der Waals surface area contributed by atoms with E-state index in [0.717, 1.165) is 10.0 Å². The Labute approximate surface area is 141 Å². The number of hydrogen-bond acceptors (Lipinski definition) is 4. The monoisotopic (exact) mass is 372 g/mol. The van der Waals surface area contributed by atoms with Crippen LogP contribution < -0.4 is 10.1 Å². The van der Waals surface area contributed by atoms with Crippen molar-refractivity contribution in [2.75, 3.05) is 12.4 Å². The summed E-state index contributed by atoms with van der Waals surface area (Å²) >= 11 is 3.35. The van der Waals surface area contributed by atoms with E-state index in [1.165, 1.54) is 0 Å². The van der Waals surface area contributed by atoms with E-state index in [4.69, 9.17) is 9.26 Å². The van der Waals surface area contributed by atoms with Gasteiger partial charge in [-0.1, -0.05) is 33.2 Å². The summed E-state index contributed by atoms with van der Waals surface area (Å²) in [7, 11) is 1.58. The molecule has 1 N–H and O–H groups in total. The van der Waals surface area contributed by atoms with Crippen molar-refractivity contribution < 1.29 is 14.1 Å². The molecule has 0 unspecified atom stereocenters. The molecule has 23 heavy (non-hydrogen) atoms. The van der Waals surface area contributed by atoms with Crippen molar-refractivity contribution in [3.8, 4) is 17.1 Å². The average Bonchev–Trinajstić information content (AvgIpc) is 3.07. The van der Waals surface area contributed by atoms with Crippen LogP contribution in [0.1, 0.15) is 10.5 Å². The lowest BCUT2D eigenvalue weighted by Crippen LogP contribution is -2.11. The highest BCUT2D eigenvalue weighted by Gasteiger charge is 2.16. The molecule has 0 aliphatic heterocycles. The van der Waals surface area contributed by atoms with E-state index in [2.05, 4.69) is 26.4 Å². The van der Waals surface area contributed by atoms with Gasteiger partial charge in [-0.25, -0.2) is 0 Å². The second-order valence-electron chi connectivity index (χ2n) is 4.74. The second kappa shape index (κ2) is 6.66. The standard InChI is InChI=1S/C17H13BrN2O3/c1-22-15-5-3-2-4-13(15)16-10-14(20-23-16)17(21)19-12-8-6-11(18)7-9-12/h2-10H,1H3,(H,19,21). The summed E-state index contributed by atoms with van der Waals surface area (Å²) in [5.41, 5.74) is 1.62. The number of aromatic nitrogens is 1. The molecular formula is C17H13BrN2O3. The van der Waals surface area contributed by atoms with E-state index < -0.39 is 0 Å². The fourth-order valence-electron chi connectivity index (χ4n) is 2.09. The number of carbonyl (C=O) groups excluding carboxylic acids is 1. The molecule has 1 aromatic heterocycles. The maximum atomic E-state index is 12.2. The van der Waals surface area contributed by atoms with Crippen molar-refractivity contribution in [3.63, 3.8) is 0 Å². The molecule has 0 spiro atoms. The molecule has 1 heterocycles. The average molecular weight is 373 g/mol. The van der Waals surface area contributed by atoms with Crippen molar-refractivity contribution in [1.29, 1.82) is 0 Å². The van der Waals surface area contributed by atoms with Gasteiger partial charge in [0.25, 0.3) is 5.91 Å². The highest BCUT2D eigenvalue weighted by Crippen LogP contribution is 2.30. The summed E-state index contributed by atoms with van der Waals surface area (Å²) < 4.78 is 11.5. The largest absolute Gasteiger partial charge is 0.496 e. The van der Waals surface area contributed by atoms with Crippen molar-refractivity contribution in [1.82, 2.24) is 5.16 Å². The summed E-state index contributed by atoms with van der Waals surface area (Å²) in [6.45, 7) is 0. The number of methoxy groups -OCH3 is 1. The topological polar surface area (TPSA) is 64.4 Å². The molecule has 3 aromatic rings. The molecule has 1 amide bonds. The summed E-state index contributed by atoms with van der Waals surface area (Å²) in [5.74, 6) is 0.796. The highest BCUT2D eigenvalue weighted by molar-refractivity contribution is 9.10. The molecule has 0 saturated heterocycles. The minimum Gasteiger partial charge on any atom is -0.496 e. The first-order valence-electron chi connectivity index (χ1n) is 6.84. The van der Waals surface area contributed by atoms with Crippen molar-refractivity contribution in [3.05, 3.63) is 64.8 Å².